The Kier molecular flexibility index (Phi) is 5.87. The number of nitrogens with zero attached hydrogens (tertiary/aromatic N) is 3. The second-order valence-electron chi connectivity index (χ2n) is 7.55. The Morgan fingerprint density at radius 2 is 1.59 bits per heavy atom. The molecule has 7 heteroatoms. The summed E-state index contributed by atoms with van der Waals surface area (Å²) < 4.78 is 5.43. The number of amides is 2. The fourth-order valence-electron chi connectivity index (χ4n) is 4.06. The van der Waals surface area contributed by atoms with Crippen LogP contribution >= 0.6 is 0 Å². The third-order valence-corrected chi connectivity index (χ3v) is 5.79. The van der Waals surface area contributed by atoms with Crippen molar-refractivity contribution in [2.45, 2.75) is 18.9 Å². The predicted molar refractivity (Wildman–Crippen MR) is 110 cm³/mol. The molecule has 0 spiro atoms. The first kappa shape index (κ1) is 19.5. The van der Waals surface area contributed by atoms with Crippen LogP contribution in [0.3, 0.4) is 0 Å². The summed E-state index contributed by atoms with van der Waals surface area (Å²) in [7, 11) is 0. The molecule has 1 aromatic heterocycles. The molecule has 0 aliphatic carbocycles. The summed E-state index contributed by atoms with van der Waals surface area (Å²) in [6, 6.07) is 11.2. The molecule has 2 saturated heterocycles. The van der Waals surface area contributed by atoms with E-state index < -0.39 is 5.91 Å². The van der Waals surface area contributed by atoms with Crippen molar-refractivity contribution in [1.29, 1.82) is 0 Å². The summed E-state index contributed by atoms with van der Waals surface area (Å²) in [5.41, 5.74) is 7.96. The van der Waals surface area contributed by atoms with Crippen molar-refractivity contribution in [3.05, 3.63) is 53.7 Å². The van der Waals surface area contributed by atoms with Gasteiger partial charge in [0.05, 0.1) is 24.5 Å². The molecule has 29 heavy (non-hydrogen) atoms. The van der Waals surface area contributed by atoms with Gasteiger partial charge in [-0.1, -0.05) is 12.1 Å². The van der Waals surface area contributed by atoms with E-state index in [4.69, 9.17) is 10.5 Å². The first-order valence-corrected chi connectivity index (χ1v) is 10.1. The van der Waals surface area contributed by atoms with Gasteiger partial charge in [0.1, 0.15) is 0 Å². The van der Waals surface area contributed by atoms with Gasteiger partial charge in [-0.25, -0.2) is 0 Å². The molecule has 0 saturated carbocycles. The number of pyridine rings is 1. The number of hydrogen-bond donors (Lipinski definition) is 1. The minimum atomic E-state index is -0.456. The van der Waals surface area contributed by atoms with Crippen LogP contribution in [0.15, 0.2) is 42.6 Å². The highest BCUT2D eigenvalue weighted by molar-refractivity contribution is 5.94. The standard InChI is InChI=1S/C22H26N4O3/c23-21(27)17-3-1-16(2-4-17)20-6-5-18(15-24-20)22(28)26-9-7-19(8-10-26)25-11-13-29-14-12-25/h1-6,15,19H,7-14H2,(H2,23,27). The molecule has 4 rings (SSSR count). The highest BCUT2D eigenvalue weighted by atomic mass is 16.5. The van der Waals surface area contributed by atoms with E-state index in [1.54, 1.807) is 30.5 Å². The van der Waals surface area contributed by atoms with Gasteiger partial charge in [0.15, 0.2) is 0 Å². The number of aromatic nitrogens is 1. The second-order valence-corrected chi connectivity index (χ2v) is 7.55. The van der Waals surface area contributed by atoms with Gasteiger partial charge in [-0.3, -0.25) is 19.5 Å². The Bertz CT molecular complexity index is 853. The molecule has 0 unspecified atom stereocenters. The molecule has 7 nitrogen and oxygen atoms in total. The van der Waals surface area contributed by atoms with Crippen molar-refractivity contribution in [3.8, 4) is 11.3 Å². The van der Waals surface area contributed by atoms with Crippen molar-refractivity contribution in [2.75, 3.05) is 39.4 Å². The number of carbonyl (C=O) groups excluding carboxylic acids is 2. The van der Waals surface area contributed by atoms with Crippen LogP contribution in [0.2, 0.25) is 0 Å². The number of rotatable bonds is 4. The number of nitrogens with two attached hydrogens (primary N) is 1. The average Bonchev–Trinajstić information content (AvgIpc) is 2.79. The van der Waals surface area contributed by atoms with Crippen LogP contribution < -0.4 is 5.73 Å². The molecule has 2 aromatic rings. The van der Waals surface area contributed by atoms with Crippen molar-refractivity contribution in [2.24, 2.45) is 5.73 Å². The molecule has 3 heterocycles. The molecule has 0 atom stereocenters. The molecule has 0 bridgehead atoms. The quantitative estimate of drug-likeness (QED) is 0.854. The fourth-order valence-corrected chi connectivity index (χ4v) is 4.06. The second kappa shape index (κ2) is 8.71. The number of likely N-dealkylation sites (tertiary alicyclic amines) is 1. The maximum absolute atomic E-state index is 12.9. The summed E-state index contributed by atoms with van der Waals surface area (Å²) in [5.74, 6) is -0.420. The molecule has 1 aromatic carbocycles. The summed E-state index contributed by atoms with van der Waals surface area (Å²) >= 11 is 0. The largest absolute Gasteiger partial charge is 0.379 e. The predicted octanol–water partition coefficient (Wildman–Crippen LogP) is 1.78. The van der Waals surface area contributed by atoms with E-state index in [9.17, 15) is 9.59 Å². The van der Waals surface area contributed by atoms with Gasteiger partial charge in [-0.2, -0.15) is 0 Å². The minimum Gasteiger partial charge on any atom is -0.379 e. The van der Waals surface area contributed by atoms with Crippen molar-refractivity contribution < 1.29 is 14.3 Å². The Balaban J connectivity index is 1.36. The molecule has 2 amide bonds. The number of hydrogen-bond acceptors (Lipinski definition) is 5. The lowest BCUT2D eigenvalue weighted by molar-refractivity contribution is 0.00158. The van der Waals surface area contributed by atoms with Crippen LogP contribution in [0.5, 0.6) is 0 Å². The molecular weight excluding hydrogens is 368 g/mol. The fraction of sp³-hybridized carbons (Fsp3) is 0.409. The average molecular weight is 394 g/mol. The van der Waals surface area contributed by atoms with Crippen molar-refractivity contribution in [3.63, 3.8) is 0 Å². The van der Waals surface area contributed by atoms with Gasteiger partial charge >= 0.3 is 0 Å². The van der Waals surface area contributed by atoms with Gasteiger partial charge in [0.2, 0.25) is 5.91 Å². The van der Waals surface area contributed by atoms with Gasteiger partial charge in [0.25, 0.3) is 5.91 Å². The van der Waals surface area contributed by atoms with E-state index in [0.29, 0.717) is 17.2 Å². The van der Waals surface area contributed by atoms with Crippen LogP contribution in [-0.4, -0.2) is 72.0 Å². The van der Waals surface area contributed by atoms with Crippen LogP contribution in [0.1, 0.15) is 33.6 Å². The number of carbonyl (C=O) groups is 2. The molecule has 2 aliphatic rings. The maximum Gasteiger partial charge on any atom is 0.255 e. The first-order valence-electron chi connectivity index (χ1n) is 10.1. The Hall–Kier alpha value is -2.77. The zero-order chi connectivity index (χ0) is 20.2. The molecule has 0 radical (unpaired) electrons. The lowest BCUT2D eigenvalue weighted by Crippen LogP contribution is -2.50. The number of piperidine rings is 1. The summed E-state index contributed by atoms with van der Waals surface area (Å²) in [5, 5.41) is 0. The SMILES string of the molecule is NC(=O)c1ccc(-c2ccc(C(=O)N3CCC(N4CCOCC4)CC3)cn2)cc1. The van der Waals surface area contributed by atoms with Crippen molar-refractivity contribution >= 4 is 11.8 Å². The van der Waals surface area contributed by atoms with Crippen LogP contribution in [-0.2, 0) is 4.74 Å². The Morgan fingerprint density at radius 3 is 2.17 bits per heavy atom. The molecule has 2 aliphatic heterocycles. The highest BCUT2D eigenvalue weighted by Gasteiger charge is 2.28. The zero-order valence-electron chi connectivity index (χ0n) is 16.4. The Labute approximate surface area is 170 Å². The number of ether oxygens (including phenoxy) is 1. The van der Waals surface area contributed by atoms with Crippen LogP contribution in [0, 0.1) is 0 Å². The third-order valence-electron chi connectivity index (χ3n) is 5.79. The Morgan fingerprint density at radius 1 is 0.931 bits per heavy atom. The van der Waals surface area contributed by atoms with E-state index in [1.807, 2.05) is 17.0 Å². The van der Waals surface area contributed by atoms with Gasteiger partial charge in [-0.05, 0) is 37.1 Å². The van der Waals surface area contributed by atoms with Gasteiger partial charge in [-0.15, -0.1) is 0 Å². The van der Waals surface area contributed by atoms with Crippen LogP contribution in [0.4, 0.5) is 0 Å². The van der Waals surface area contributed by atoms with E-state index >= 15 is 0 Å². The molecular formula is C22H26N4O3. The monoisotopic (exact) mass is 394 g/mol. The number of primary amides is 1. The third kappa shape index (κ3) is 4.46. The lowest BCUT2D eigenvalue weighted by Gasteiger charge is -2.40. The lowest BCUT2D eigenvalue weighted by atomic mass is 10.0. The number of benzene rings is 1. The molecule has 152 valence electrons. The minimum absolute atomic E-state index is 0.0357. The van der Waals surface area contributed by atoms with Gasteiger partial charge < -0.3 is 15.4 Å². The normalized spacial score (nSPS) is 18.6. The maximum atomic E-state index is 12.9. The van der Waals surface area contributed by atoms with E-state index in [1.165, 1.54) is 0 Å². The number of morpholine rings is 1. The van der Waals surface area contributed by atoms with Crippen molar-refractivity contribution in [1.82, 2.24) is 14.8 Å². The van der Waals surface area contributed by atoms with Gasteiger partial charge in [0, 0.05) is 49.5 Å². The molecule has 2 fully saturated rings. The summed E-state index contributed by atoms with van der Waals surface area (Å²) in [4.78, 5) is 32.9. The highest BCUT2D eigenvalue weighted by Crippen LogP contribution is 2.21. The first-order chi connectivity index (χ1) is 14.1. The van der Waals surface area contributed by atoms with E-state index in [0.717, 1.165) is 63.5 Å². The zero-order valence-corrected chi connectivity index (χ0v) is 16.4. The van der Waals surface area contributed by atoms with E-state index in [-0.39, 0.29) is 5.91 Å². The topological polar surface area (TPSA) is 88.8 Å². The smallest absolute Gasteiger partial charge is 0.255 e. The summed E-state index contributed by atoms with van der Waals surface area (Å²) in [6.45, 7) is 5.15. The molecule has 2 N–H and O–H groups in total. The van der Waals surface area contributed by atoms with E-state index in [2.05, 4.69) is 9.88 Å². The summed E-state index contributed by atoms with van der Waals surface area (Å²) in [6.07, 6.45) is 3.64. The van der Waals surface area contributed by atoms with Crippen LogP contribution in [0.25, 0.3) is 11.3 Å².